The highest BCUT2D eigenvalue weighted by Gasteiger charge is 2.13. The van der Waals surface area contributed by atoms with Gasteiger partial charge in [-0.1, -0.05) is 11.6 Å². The fourth-order valence-electron chi connectivity index (χ4n) is 2.71. The number of halogens is 2. The standard InChI is InChI=1S/C18H17BrClN3O2/c19-16-10-14(20)9-13(17(16)24)11-21-22-18(25)12-3-5-15(6-4-12)23-7-1-2-8-23/h3-6,9-11,24H,1-2,7-8H2,(H,22,25)/b21-11-. The summed E-state index contributed by atoms with van der Waals surface area (Å²) in [5, 5.41) is 14.3. The fourth-order valence-corrected chi connectivity index (χ4v) is 3.54. The number of nitrogens with zero attached hydrogens (tertiary/aromatic N) is 2. The van der Waals surface area contributed by atoms with E-state index in [2.05, 4.69) is 31.4 Å². The van der Waals surface area contributed by atoms with Gasteiger partial charge in [0.15, 0.2) is 0 Å². The van der Waals surface area contributed by atoms with Gasteiger partial charge in [-0.05, 0) is 65.2 Å². The van der Waals surface area contributed by atoms with E-state index >= 15 is 0 Å². The first-order valence-electron chi connectivity index (χ1n) is 7.91. The number of carbonyl (C=O) groups excluding carboxylic acids is 1. The van der Waals surface area contributed by atoms with Gasteiger partial charge in [0.2, 0.25) is 0 Å². The topological polar surface area (TPSA) is 64.9 Å². The molecule has 130 valence electrons. The third-order valence-electron chi connectivity index (χ3n) is 4.03. The molecule has 1 heterocycles. The Balaban J connectivity index is 1.64. The Morgan fingerprint density at radius 1 is 1.24 bits per heavy atom. The highest BCUT2D eigenvalue weighted by molar-refractivity contribution is 9.10. The average Bonchev–Trinajstić information content (AvgIpc) is 3.13. The molecule has 0 spiro atoms. The molecule has 0 bridgehead atoms. The molecule has 3 rings (SSSR count). The van der Waals surface area contributed by atoms with Crippen molar-refractivity contribution < 1.29 is 9.90 Å². The summed E-state index contributed by atoms with van der Waals surface area (Å²) in [5.41, 5.74) is 4.51. The quantitative estimate of drug-likeness (QED) is 0.574. The van der Waals surface area contributed by atoms with Gasteiger partial charge in [0.25, 0.3) is 5.91 Å². The summed E-state index contributed by atoms with van der Waals surface area (Å²) < 4.78 is 0.463. The summed E-state index contributed by atoms with van der Waals surface area (Å²) in [6, 6.07) is 10.6. The molecule has 25 heavy (non-hydrogen) atoms. The summed E-state index contributed by atoms with van der Waals surface area (Å²) in [4.78, 5) is 14.5. The van der Waals surface area contributed by atoms with E-state index < -0.39 is 0 Å². The van der Waals surface area contributed by atoms with Gasteiger partial charge < -0.3 is 10.0 Å². The molecular formula is C18H17BrClN3O2. The fraction of sp³-hybridized carbons (Fsp3) is 0.222. The van der Waals surface area contributed by atoms with Crippen LogP contribution in [-0.2, 0) is 0 Å². The van der Waals surface area contributed by atoms with E-state index in [1.807, 2.05) is 12.1 Å². The molecule has 2 N–H and O–H groups in total. The van der Waals surface area contributed by atoms with Crippen LogP contribution in [0.15, 0.2) is 46.0 Å². The number of anilines is 1. The number of nitrogens with one attached hydrogen (secondary N) is 1. The van der Waals surface area contributed by atoms with Gasteiger partial charge in [-0.3, -0.25) is 4.79 Å². The molecule has 0 atom stereocenters. The zero-order valence-electron chi connectivity index (χ0n) is 13.4. The third-order valence-corrected chi connectivity index (χ3v) is 4.85. The zero-order valence-corrected chi connectivity index (χ0v) is 15.7. The van der Waals surface area contributed by atoms with E-state index in [-0.39, 0.29) is 11.7 Å². The molecule has 7 heteroatoms. The van der Waals surface area contributed by atoms with Crippen molar-refractivity contribution in [2.75, 3.05) is 18.0 Å². The Morgan fingerprint density at radius 3 is 2.60 bits per heavy atom. The van der Waals surface area contributed by atoms with E-state index in [9.17, 15) is 9.90 Å². The van der Waals surface area contributed by atoms with Gasteiger partial charge >= 0.3 is 0 Å². The highest BCUT2D eigenvalue weighted by Crippen LogP contribution is 2.30. The molecule has 1 aliphatic heterocycles. The van der Waals surface area contributed by atoms with E-state index in [0.29, 0.717) is 20.6 Å². The van der Waals surface area contributed by atoms with Crippen LogP contribution in [0.2, 0.25) is 5.02 Å². The molecule has 1 aliphatic rings. The SMILES string of the molecule is O=C(N/N=C\c1cc(Cl)cc(Br)c1O)c1ccc(N2CCCC2)cc1. The Hall–Kier alpha value is -2.05. The van der Waals surface area contributed by atoms with Gasteiger partial charge in [-0.2, -0.15) is 5.10 Å². The van der Waals surface area contributed by atoms with Gasteiger partial charge in [-0.25, -0.2) is 5.43 Å². The number of phenols is 1. The predicted molar refractivity (Wildman–Crippen MR) is 104 cm³/mol. The number of phenolic OH excluding ortho intramolecular Hbond substituents is 1. The first kappa shape index (κ1) is 17.8. The van der Waals surface area contributed by atoms with Crippen molar-refractivity contribution in [3.8, 4) is 5.75 Å². The Kier molecular flexibility index (Phi) is 5.60. The molecule has 1 fully saturated rings. The summed E-state index contributed by atoms with van der Waals surface area (Å²) >= 11 is 9.14. The zero-order chi connectivity index (χ0) is 17.8. The average molecular weight is 423 g/mol. The van der Waals surface area contributed by atoms with Crippen LogP contribution in [0, 0.1) is 0 Å². The smallest absolute Gasteiger partial charge is 0.271 e. The second kappa shape index (κ2) is 7.89. The Bertz CT molecular complexity index is 803. The summed E-state index contributed by atoms with van der Waals surface area (Å²) in [6.45, 7) is 2.13. The Morgan fingerprint density at radius 2 is 1.92 bits per heavy atom. The second-order valence-electron chi connectivity index (χ2n) is 5.77. The number of aromatic hydroxyl groups is 1. The molecule has 0 saturated carbocycles. The van der Waals surface area contributed by atoms with Crippen LogP contribution in [-0.4, -0.2) is 30.3 Å². The molecule has 5 nitrogen and oxygen atoms in total. The van der Waals surface area contributed by atoms with Gasteiger partial charge in [0.1, 0.15) is 5.75 Å². The second-order valence-corrected chi connectivity index (χ2v) is 7.06. The van der Waals surface area contributed by atoms with Crippen LogP contribution in [0.5, 0.6) is 5.75 Å². The molecule has 0 aromatic heterocycles. The summed E-state index contributed by atoms with van der Waals surface area (Å²) in [6.07, 6.45) is 3.77. The lowest BCUT2D eigenvalue weighted by molar-refractivity contribution is 0.0955. The largest absolute Gasteiger partial charge is 0.506 e. The number of hydrogen-bond donors (Lipinski definition) is 2. The van der Waals surface area contributed by atoms with Crippen molar-refractivity contribution >= 4 is 45.3 Å². The van der Waals surface area contributed by atoms with Crippen LogP contribution in [0.4, 0.5) is 5.69 Å². The minimum absolute atomic E-state index is 0.0114. The van der Waals surface area contributed by atoms with E-state index in [1.165, 1.54) is 19.1 Å². The summed E-state index contributed by atoms with van der Waals surface area (Å²) in [7, 11) is 0. The van der Waals surface area contributed by atoms with Crippen LogP contribution in [0.3, 0.4) is 0 Å². The predicted octanol–water partition coefficient (Wildman–Crippen LogP) is 4.17. The normalized spacial score (nSPS) is 14.2. The molecular weight excluding hydrogens is 406 g/mol. The molecule has 2 aromatic carbocycles. The van der Waals surface area contributed by atoms with Crippen LogP contribution < -0.4 is 10.3 Å². The van der Waals surface area contributed by atoms with Crippen molar-refractivity contribution in [3.05, 3.63) is 57.0 Å². The van der Waals surface area contributed by atoms with E-state index in [0.717, 1.165) is 18.8 Å². The lowest BCUT2D eigenvalue weighted by atomic mass is 10.2. The lowest BCUT2D eigenvalue weighted by Crippen LogP contribution is -2.19. The molecule has 1 amide bonds. The van der Waals surface area contributed by atoms with Gasteiger partial charge in [0.05, 0.1) is 10.7 Å². The maximum Gasteiger partial charge on any atom is 0.271 e. The monoisotopic (exact) mass is 421 g/mol. The molecule has 2 aromatic rings. The van der Waals surface area contributed by atoms with Crippen LogP contribution >= 0.6 is 27.5 Å². The summed E-state index contributed by atoms with van der Waals surface area (Å²) in [5.74, 6) is -0.304. The van der Waals surface area contributed by atoms with Gasteiger partial charge in [0, 0.05) is 34.9 Å². The first-order valence-corrected chi connectivity index (χ1v) is 9.08. The maximum atomic E-state index is 12.1. The van der Waals surface area contributed by atoms with Crippen LogP contribution in [0.1, 0.15) is 28.8 Å². The number of hydrazone groups is 1. The Labute approximate surface area is 159 Å². The molecule has 0 radical (unpaired) electrons. The number of hydrogen-bond acceptors (Lipinski definition) is 4. The van der Waals surface area contributed by atoms with Gasteiger partial charge in [-0.15, -0.1) is 0 Å². The van der Waals surface area contributed by atoms with E-state index in [1.54, 1.807) is 24.3 Å². The molecule has 1 saturated heterocycles. The van der Waals surface area contributed by atoms with Crippen LogP contribution in [0.25, 0.3) is 0 Å². The maximum absolute atomic E-state index is 12.1. The minimum Gasteiger partial charge on any atom is -0.506 e. The lowest BCUT2D eigenvalue weighted by Gasteiger charge is -2.17. The third kappa shape index (κ3) is 4.32. The molecule has 0 unspecified atom stereocenters. The number of carbonyl (C=O) groups is 1. The minimum atomic E-state index is -0.315. The van der Waals surface area contributed by atoms with Crippen molar-refractivity contribution in [2.45, 2.75) is 12.8 Å². The van der Waals surface area contributed by atoms with Crippen molar-refractivity contribution in [3.63, 3.8) is 0 Å². The van der Waals surface area contributed by atoms with E-state index in [4.69, 9.17) is 11.6 Å². The number of amides is 1. The van der Waals surface area contributed by atoms with Crippen molar-refractivity contribution in [1.82, 2.24) is 5.43 Å². The van der Waals surface area contributed by atoms with Crippen molar-refractivity contribution in [2.24, 2.45) is 5.10 Å². The number of rotatable bonds is 4. The number of benzene rings is 2. The van der Waals surface area contributed by atoms with Crippen molar-refractivity contribution in [1.29, 1.82) is 0 Å². The highest BCUT2D eigenvalue weighted by atomic mass is 79.9. The molecule has 0 aliphatic carbocycles. The first-order chi connectivity index (χ1) is 12.0.